The van der Waals surface area contributed by atoms with E-state index in [0.29, 0.717) is 11.7 Å². The van der Waals surface area contributed by atoms with Gasteiger partial charge in [0.2, 0.25) is 0 Å². The molecule has 0 radical (unpaired) electrons. The summed E-state index contributed by atoms with van der Waals surface area (Å²) in [5, 5.41) is 3.18. The van der Waals surface area contributed by atoms with Gasteiger partial charge in [-0.2, -0.15) is 8.42 Å². The molecule has 0 spiro atoms. The van der Waals surface area contributed by atoms with E-state index in [-0.39, 0.29) is 4.90 Å². The van der Waals surface area contributed by atoms with Crippen LogP contribution in [0.15, 0.2) is 29.2 Å². The molecule has 0 heterocycles. The molecule has 0 saturated heterocycles. The van der Waals surface area contributed by atoms with Crippen LogP contribution in [0.3, 0.4) is 0 Å². The fraction of sp³-hybridized carbons (Fsp3) is 0.455. The molecule has 0 atom stereocenters. The van der Waals surface area contributed by atoms with Gasteiger partial charge in [-0.25, -0.2) is 0 Å². The zero-order chi connectivity index (χ0) is 11.6. The number of hydrogen-bond acceptors (Lipinski definition) is 3. The highest BCUT2D eigenvalue weighted by atomic mass is 32.2. The maximum Gasteiger partial charge on any atom is 0.296 e. The second-order valence-corrected chi connectivity index (χ2v) is 5.49. The van der Waals surface area contributed by atoms with Crippen LogP contribution in [0.1, 0.15) is 25.7 Å². The molecular weight excluding hydrogens is 226 g/mol. The average molecular weight is 241 g/mol. The van der Waals surface area contributed by atoms with Gasteiger partial charge in [0, 0.05) is 6.04 Å². The van der Waals surface area contributed by atoms with E-state index >= 15 is 0 Å². The van der Waals surface area contributed by atoms with E-state index in [0.717, 1.165) is 12.8 Å². The zero-order valence-corrected chi connectivity index (χ0v) is 9.70. The van der Waals surface area contributed by atoms with Gasteiger partial charge in [-0.3, -0.25) is 4.55 Å². The molecule has 1 fully saturated rings. The van der Waals surface area contributed by atoms with Gasteiger partial charge in [0.15, 0.2) is 0 Å². The molecule has 1 aromatic carbocycles. The third-order valence-electron chi connectivity index (χ3n) is 2.88. The molecule has 16 heavy (non-hydrogen) atoms. The van der Waals surface area contributed by atoms with Crippen molar-refractivity contribution in [1.82, 2.24) is 0 Å². The summed E-state index contributed by atoms with van der Waals surface area (Å²) in [4.78, 5) is -0.0399. The normalized spacial score (nSPS) is 17.6. The van der Waals surface area contributed by atoms with Crippen LogP contribution in [0.2, 0.25) is 0 Å². The Balaban J connectivity index is 2.26. The van der Waals surface area contributed by atoms with Crippen molar-refractivity contribution >= 4 is 15.8 Å². The lowest BCUT2D eigenvalue weighted by molar-refractivity contribution is 0.483. The summed E-state index contributed by atoms with van der Waals surface area (Å²) in [6.45, 7) is 0. The van der Waals surface area contributed by atoms with Crippen LogP contribution in [0.25, 0.3) is 0 Å². The summed E-state index contributed by atoms with van der Waals surface area (Å²) in [5.74, 6) is 0. The fourth-order valence-corrected chi connectivity index (χ4v) is 2.76. The highest BCUT2D eigenvalue weighted by molar-refractivity contribution is 7.86. The van der Waals surface area contributed by atoms with Gasteiger partial charge in [-0.1, -0.05) is 25.0 Å². The Kier molecular flexibility index (Phi) is 3.16. The predicted octanol–water partition coefficient (Wildman–Crippen LogP) is 2.29. The molecule has 1 aliphatic carbocycles. The van der Waals surface area contributed by atoms with Gasteiger partial charge < -0.3 is 5.32 Å². The van der Waals surface area contributed by atoms with Crippen molar-refractivity contribution in [3.8, 4) is 0 Å². The maximum absolute atomic E-state index is 11.1. The van der Waals surface area contributed by atoms with E-state index in [2.05, 4.69) is 5.32 Å². The largest absolute Gasteiger partial charge is 0.381 e. The first-order valence-electron chi connectivity index (χ1n) is 5.40. The Morgan fingerprint density at radius 1 is 1.19 bits per heavy atom. The highest BCUT2D eigenvalue weighted by Gasteiger charge is 2.19. The SMILES string of the molecule is O=S(=O)(O)c1ccccc1NC1CCCC1. The van der Waals surface area contributed by atoms with Crippen molar-refractivity contribution in [2.75, 3.05) is 5.32 Å². The van der Waals surface area contributed by atoms with Gasteiger partial charge in [-0.05, 0) is 25.0 Å². The van der Waals surface area contributed by atoms with Crippen LogP contribution in [0, 0.1) is 0 Å². The van der Waals surface area contributed by atoms with Crippen molar-refractivity contribution in [3.63, 3.8) is 0 Å². The number of rotatable bonds is 3. The molecule has 1 aliphatic rings. The summed E-state index contributed by atoms with van der Waals surface area (Å²) < 4.78 is 31.4. The van der Waals surface area contributed by atoms with E-state index in [1.807, 2.05) is 0 Å². The molecular formula is C11H15NO3S. The van der Waals surface area contributed by atoms with Gasteiger partial charge in [-0.15, -0.1) is 0 Å². The Labute approximate surface area is 95.4 Å². The zero-order valence-electron chi connectivity index (χ0n) is 8.89. The summed E-state index contributed by atoms with van der Waals surface area (Å²) >= 11 is 0. The molecule has 1 aromatic rings. The van der Waals surface area contributed by atoms with Crippen molar-refractivity contribution in [2.24, 2.45) is 0 Å². The smallest absolute Gasteiger partial charge is 0.296 e. The lowest BCUT2D eigenvalue weighted by Gasteiger charge is -2.15. The summed E-state index contributed by atoms with van der Waals surface area (Å²) in [7, 11) is -4.14. The Bertz CT molecular complexity index is 464. The second-order valence-electron chi connectivity index (χ2n) is 4.10. The van der Waals surface area contributed by atoms with Crippen LogP contribution in [0.5, 0.6) is 0 Å². The number of anilines is 1. The number of hydrogen-bond donors (Lipinski definition) is 2. The van der Waals surface area contributed by atoms with Crippen LogP contribution in [-0.4, -0.2) is 19.0 Å². The summed E-state index contributed by atoms with van der Waals surface area (Å²) in [6, 6.07) is 6.77. The van der Waals surface area contributed by atoms with Crippen LogP contribution >= 0.6 is 0 Å². The second kappa shape index (κ2) is 4.43. The van der Waals surface area contributed by atoms with Crippen LogP contribution in [-0.2, 0) is 10.1 Å². The van der Waals surface area contributed by atoms with E-state index < -0.39 is 10.1 Å². The minimum Gasteiger partial charge on any atom is -0.381 e. The highest BCUT2D eigenvalue weighted by Crippen LogP contribution is 2.26. The fourth-order valence-electron chi connectivity index (χ4n) is 2.10. The van der Waals surface area contributed by atoms with Gasteiger partial charge >= 0.3 is 0 Å². The van der Waals surface area contributed by atoms with Gasteiger partial charge in [0.25, 0.3) is 10.1 Å². The molecule has 4 nitrogen and oxygen atoms in total. The van der Waals surface area contributed by atoms with Crippen LogP contribution in [0.4, 0.5) is 5.69 Å². The van der Waals surface area contributed by atoms with Crippen molar-refractivity contribution in [2.45, 2.75) is 36.6 Å². The molecule has 0 amide bonds. The number of para-hydroxylation sites is 1. The van der Waals surface area contributed by atoms with E-state index in [1.54, 1.807) is 18.2 Å². The lowest BCUT2D eigenvalue weighted by Crippen LogP contribution is -2.16. The predicted molar refractivity (Wildman–Crippen MR) is 62.1 cm³/mol. The Hall–Kier alpha value is -1.07. The summed E-state index contributed by atoms with van der Waals surface area (Å²) in [5.41, 5.74) is 0.497. The Morgan fingerprint density at radius 3 is 2.44 bits per heavy atom. The molecule has 88 valence electrons. The number of nitrogens with one attached hydrogen (secondary N) is 1. The minimum atomic E-state index is -4.14. The third kappa shape index (κ3) is 2.54. The van der Waals surface area contributed by atoms with Gasteiger partial charge in [0.05, 0.1) is 5.69 Å². The van der Waals surface area contributed by atoms with Crippen molar-refractivity contribution < 1.29 is 13.0 Å². The van der Waals surface area contributed by atoms with E-state index in [1.165, 1.54) is 18.9 Å². The van der Waals surface area contributed by atoms with E-state index in [9.17, 15) is 8.42 Å². The topological polar surface area (TPSA) is 66.4 Å². The average Bonchev–Trinajstić information content (AvgIpc) is 2.70. The number of benzene rings is 1. The standard InChI is InChI=1S/C11H15NO3S/c13-16(14,15)11-8-4-3-7-10(11)12-9-5-1-2-6-9/h3-4,7-9,12H,1-2,5-6H2,(H,13,14,15). The molecule has 5 heteroatoms. The van der Waals surface area contributed by atoms with Crippen LogP contribution < -0.4 is 5.32 Å². The molecule has 2 N–H and O–H groups in total. The third-order valence-corrected chi connectivity index (χ3v) is 3.79. The quantitative estimate of drug-likeness (QED) is 0.797. The van der Waals surface area contributed by atoms with Crippen molar-refractivity contribution in [3.05, 3.63) is 24.3 Å². The molecule has 0 aromatic heterocycles. The monoisotopic (exact) mass is 241 g/mol. The first kappa shape index (κ1) is 11.4. The first-order valence-corrected chi connectivity index (χ1v) is 6.84. The van der Waals surface area contributed by atoms with Gasteiger partial charge in [0.1, 0.15) is 4.90 Å². The lowest BCUT2D eigenvalue weighted by atomic mass is 10.2. The minimum absolute atomic E-state index is 0.0399. The first-order chi connectivity index (χ1) is 7.57. The Morgan fingerprint density at radius 2 is 1.81 bits per heavy atom. The van der Waals surface area contributed by atoms with E-state index in [4.69, 9.17) is 4.55 Å². The maximum atomic E-state index is 11.1. The van der Waals surface area contributed by atoms with Crippen molar-refractivity contribution in [1.29, 1.82) is 0 Å². The molecule has 0 bridgehead atoms. The molecule has 1 saturated carbocycles. The summed E-state index contributed by atoms with van der Waals surface area (Å²) in [6.07, 6.45) is 4.46. The molecule has 0 unspecified atom stereocenters. The molecule has 0 aliphatic heterocycles. The molecule has 2 rings (SSSR count).